The van der Waals surface area contributed by atoms with Crippen molar-refractivity contribution in [3.05, 3.63) is 0 Å². The number of hydrogen-bond acceptors (Lipinski definition) is 2. The van der Waals surface area contributed by atoms with Crippen LogP contribution in [0, 0.1) is 11.3 Å². The molecule has 2 fully saturated rings. The van der Waals surface area contributed by atoms with Gasteiger partial charge in [-0.15, -0.1) is 0 Å². The molecular formula is C12H24N2. The maximum absolute atomic E-state index is 5.94. The smallest absolute Gasteiger partial charge is 0.00471 e. The van der Waals surface area contributed by atoms with Crippen LogP contribution in [0.15, 0.2) is 0 Å². The van der Waals surface area contributed by atoms with Gasteiger partial charge < -0.3 is 10.6 Å². The third kappa shape index (κ3) is 2.48. The zero-order chi connectivity index (χ0) is 10.0. The maximum Gasteiger partial charge on any atom is 0.00471 e. The number of nitrogens with zero attached hydrogens (tertiary/aromatic N) is 1. The molecule has 0 heterocycles. The molecule has 2 saturated carbocycles. The van der Waals surface area contributed by atoms with Gasteiger partial charge in [-0.3, -0.25) is 0 Å². The second-order valence-electron chi connectivity index (χ2n) is 5.55. The van der Waals surface area contributed by atoms with E-state index in [1.54, 1.807) is 0 Å². The molecular weight excluding hydrogens is 172 g/mol. The van der Waals surface area contributed by atoms with E-state index in [9.17, 15) is 0 Å². The van der Waals surface area contributed by atoms with Crippen molar-refractivity contribution in [3.8, 4) is 0 Å². The zero-order valence-electron chi connectivity index (χ0n) is 9.47. The van der Waals surface area contributed by atoms with Crippen molar-refractivity contribution >= 4 is 0 Å². The van der Waals surface area contributed by atoms with Crippen LogP contribution in [0.5, 0.6) is 0 Å². The molecule has 0 aromatic rings. The summed E-state index contributed by atoms with van der Waals surface area (Å²) in [6.45, 7) is 3.43. The Morgan fingerprint density at radius 3 is 2.43 bits per heavy atom. The summed E-state index contributed by atoms with van der Waals surface area (Å²) in [7, 11) is 2.27. The van der Waals surface area contributed by atoms with E-state index in [-0.39, 0.29) is 0 Å². The maximum atomic E-state index is 5.94. The summed E-state index contributed by atoms with van der Waals surface area (Å²) in [4.78, 5) is 2.52. The Kier molecular flexibility index (Phi) is 3.13. The molecule has 2 aliphatic carbocycles. The molecule has 2 heteroatoms. The quantitative estimate of drug-likeness (QED) is 0.727. The Hall–Kier alpha value is -0.0800. The minimum absolute atomic E-state index is 0.476. The van der Waals surface area contributed by atoms with Gasteiger partial charge in [-0.05, 0) is 50.6 Å². The third-order valence-corrected chi connectivity index (χ3v) is 3.97. The van der Waals surface area contributed by atoms with Crippen LogP contribution >= 0.6 is 0 Å². The van der Waals surface area contributed by atoms with Crippen LogP contribution in [-0.4, -0.2) is 31.6 Å². The summed E-state index contributed by atoms with van der Waals surface area (Å²) >= 11 is 0. The molecule has 14 heavy (non-hydrogen) atoms. The molecule has 0 aromatic heterocycles. The SMILES string of the molecule is CN(CC1CC1)CC1(CN)CCCC1. The van der Waals surface area contributed by atoms with E-state index < -0.39 is 0 Å². The van der Waals surface area contributed by atoms with Crippen LogP contribution in [-0.2, 0) is 0 Å². The normalized spacial score (nSPS) is 25.9. The molecule has 2 aliphatic rings. The van der Waals surface area contributed by atoms with Gasteiger partial charge in [0.25, 0.3) is 0 Å². The monoisotopic (exact) mass is 196 g/mol. The van der Waals surface area contributed by atoms with Gasteiger partial charge in [-0.2, -0.15) is 0 Å². The van der Waals surface area contributed by atoms with Crippen molar-refractivity contribution in [1.82, 2.24) is 4.90 Å². The van der Waals surface area contributed by atoms with Gasteiger partial charge in [0.15, 0.2) is 0 Å². The van der Waals surface area contributed by atoms with E-state index in [1.165, 1.54) is 51.6 Å². The standard InChI is InChI=1S/C12H24N2/c1-14(8-11-4-5-11)10-12(9-13)6-2-3-7-12/h11H,2-10,13H2,1H3. The molecule has 0 atom stereocenters. The first kappa shape index (κ1) is 10.4. The molecule has 0 bridgehead atoms. The molecule has 0 unspecified atom stereocenters. The average molecular weight is 196 g/mol. The van der Waals surface area contributed by atoms with Crippen molar-refractivity contribution in [1.29, 1.82) is 0 Å². The van der Waals surface area contributed by atoms with Gasteiger partial charge >= 0.3 is 0 Å². The Bertz CT molecular complexity index is 181. The van der Waals surface area contributed by atoms with Crippen LogP contribution in [0.25, 0.3) is 0 Å². The summed E-state index contributed by atoms with van der Waals surface area (Å²) < 4.78 is 0. The molecule has 2 N–H and O–H groups in total. The van der Waals surface area contributed by atoms with Crippen molar-refractivity contribution < 1.29 is 0 Å². The summed E-state index contributed by atoms with van der Waals surface area (Å²) in [5.41, 5.74) is 6.41. The lowest BCUT2D eigenvalue weighted by Crippen LogP contribution is -2.39. The molecule has 2 nitrogen and oxygen atoms in total. The fourth-order valence-electron chi connectivity index (χ4n) is 2.93. The minimum atomic E-state index is 0.476. The molecule has 2 rings (SSSR count). The first-order chi connectivity index (χ1) is 6.74. The van der Waals surface area contributed by atoms with E-state index in [0.717, 1.165) is 12.5 Å². The molecule has 0 aromatic carbocycles. The third-order valence-electron chi connectivity index (χ3n) is 3.97. The van der Waals surface area contributed by atoms with E-state index >= 15 is 0 Å². The Balaban J connectivity index is 1.79. The lowest BCUT2D eigenvalue weighted by atomic mass is 9.86. The van der Waals surface area contributed by atoms with E-state index in [2.05, 4.69) is 11.9 Å². The predicted molar refractivity (Wildman–Crippen MR) is 60.2 cm³/mol. The number of hydrogen-bond donors (Lipinski definition) is 1. The first-order valence-electron chi connectivity index (χ1n) is 6.13. The lowest BCUT2D eigenvalue weighted by Gasteiger charge is -2.32. The highest BCUT2D eigenvalue weighted by molar-refractivity contribution is 4.89. The van der Waals surface area contributed by atoms with E-state index in [1.807, 2.05) is 0 Å². The second kappa shape index (κ2) is 4.19. The molecule has 0 radical (unpaired) electrons. The van der Waals surface area contributed by atoms with Gasteiger partial charge in [0.05, 0.1) is 0 Å². The van der Waals surface area contributed by atoms with Crippen molar-refractivity contribution in [2.75, 3.05) is 26.7 Å². The molecule has 82 valence electrons. The van der Waals surface area contributed by atoms with Gasteiger partial charge in [-0.25, -0.2) is 0 Å². The van der Waals surface area contributed by atoms with Crippen molar-refractivity contribution in [2.24, 2.45) is 17.1 Å². The van der Waals surface area contributed by atoms with Crippen LogP contribution in [0.4, 0.5) is 0 Å². The molecule has 0 spiro atoms. The van der Waals surface area contributed by atoms with Gasteiger partial charge in [0, 0.05) is 13.1 Å². The highest BCUT2D eigenvalue weighted by Crippen LogP contribution is 2.38. The van der Waals surface area contributed by atoms with Crippen LogP contribution < -0.4 is 5.73 Å². The van der Waals surface area contributed by atoms with Gasteiger partial charge in [0.1, 0.15) is 0 Å². The topological polar surface area (TPSA) is 29.3 Å². The predicted octanol–water partition coefficient (Wildman–Crippen LogP) is 1.85. The van der Waals surface area contributed by atoms with Gasteiger partial charge in [-0.1, -0.05) is 12.8 Å². The van der Waals surface area contributed by atoms with Crippen molar-refractivity contribution in [2.45, 2.75) is 38.5 Å². The molecule has 0 amide bonds. The largest absolute Gasteiger partial charge is 0.330 e. The number of nitrogens with two attached hydrogens (primary N) is 1. The van der Waals surface area contributed by atoms with Crippen LogP contribution in [0.3, 0.4) is 0 Å². The second-order valence-corrected chi connectivity index (χ2v) is 5.55. The number of rotatable bonds is 5. The summed E-state index contributed by atoms with van der Waals surface area (Å²) in [6, 6.07) is 0. The van der Waals surface area contributed by atoms with E-state index in [4.69, 9.17) is 5.73 Å². The molecule has 0 aliphatic heterocycles. The summed E-state index contributed by atoms with van der Waals surface area (Å²) in [5, 5.41) is 0. The fraction of sp³-hybridized carbons (Fsp3) is 1.00. The highest BCUT2D eigenvalue weighted by Gasteiger charge is 2.34. The highest BCUT2D eigenvalue weighted by atomic mass is 15.1. The lowest BCUT2D eigenvalue weighted by molar-refractivity contribution is 0.180. The minimum Gasteiger partial charge on any atom is -0.330 e. The summed E-state index contributed by atoms with van der Waals surface area (Å²) in [6.07, 6.45) is 8.43. The Morgan fingerprint density at radius 2 is 1.93 bits per heavy atom. The first-order valence-corrected chi connectivity index (χ1v) is 6.13. The van der Waals surface area contributed by atoms with Crippen LogP contribution in [0.1, 0.15) is 38.5 Å². The Morgan fingerprint density at radius 1 is 1.29 bits per heavy atom. The average Bonchev–Trinajstić information content (AvgIpc) is 2.83. The van der Waals surface area contributed by atoms with Crippen molar-refractivity contribution in [3.63, 3.8) is 0 Å². The molecule has 0 saturated heterocycles. The van der Waals surface area contributed by atoms with E-state index in [0.29, 0.717) is 5.41 Å². The van der Waals surface area contributed by atoms with Crippen LogP contribution in [0.2, 0.25) is 0 Å². The fourth-order valence-corrected chi connectivity index (χ4v) is 2.93. The zero-order valence-corrected chi connectivity index (χ0v) is 9.47. The van der Waals surface area contributed by atoms with Gasteiger partial charge in [0.2, 0.25) is 0 Å². The Labute approximate surface area is 87.8 Å². The summed E-state index contributed by atoms with van der Waals surface area (Å²) in [5.74, 6) is 1.01.